The van der Waals surface area contributed by atoms with Gasteiger partial charge in [-0.1, -0.05) is 49.4 Å². The van der Waals surface area contributed by atoms with Crippen molar-refractivity contribution in [2.45, 2.75) is 45.7 Å². The molecule has 0 unspecified atom stereocenters. The third-order valence-electron chi connectivity index (χ3n) is 7.05. The lowest BCUT2D eigenvalue weighted by Crippen LogP contribution is -2.27. The number of para-hydroxylation sites is 1. The first-order chi connectivity index (χ1) is 19.8. The van der Waals surface area contributed by atoms with Crippen molar-refractivity contribution in [3.8, 4) is 0 Å². The fourth-order valence-corrected chi connectivity index (χ4v) is 4.73. The second kappa shape index (κ2) is 13.7. The molecule has 1 atom stereocenters. The Hall–Kier alpha value is -4.51. The number of nitrogens with one attached hydrogen (secondary N) is 1. The molecule has 0 bridgehead atoms. The number of hydrogen-bond acceptors (Lipinski definition) is 8. The highest BCUT2D eigenvalue weighted by atomic mass is 16.5. The van der Waals surface area contributed by atoms with Crippen molar-refractivity contribution in [1.29, 1.82) is 0 Å². The van der Waals surface area contributed by atoms with Gasteiger partial charge in [-0.25, -0.2) is 14.8 Å². The first-order valence-corrected chi connectivity index (χ1v) is 13.6. The second-order valence-corrected chi connectivity index (χ2v) is 9.90. The Balaban J connectivity index is 1.38. The topological polar surface area (TPSA) is 164 Å². The molecule has 2 heterocycles. The van der Waals surface area contributed by atoms with Gasteiger partial charge in [0.2, 0.25) is 5.91 Å². The highest BCUT2D eigenvalue weighted by Crippen LogP contribution is 2.29. The SMILES string of the molecule is CC[C@@H](CCC(=O)COC(=O)NCc1ccc(Cn2c(CCOC)nc3c(N)nc4ccccc4c32)cc1)C(N)=O. The molecule has 2 aromatic heterocycles. The summed E-state index contributed by atoms with van der Waals surface area (Å²) in [5.74, 6) is 0.211. The van der Waals surface area contributed by atoms with Gasteiger partial charge in [-0.2, -0.15) is 0 Å². The fourth-order valence-electron chi connectivity index (χ4n) is 4.73. The lowest BCUT2D eigenvalue weighted by atomic mass is 9.98. The van der Waals surface area contributed by atoms with Gasteiger partial charge in [-0.15, -0.1) is 0 Å². The Kier molecular flexibility index (Phi) is 9.86. The van der Waals surface area contributed by atoms with E-state index in [4.69, 9.17) is 25.9 Å². The van der Waals surface area contributed by atoms with Gasteiger partial charge in [0.15, 0.2) is 18.2 Å². The average Bonchev–Trinajstić information content (AvgIpc) is 3.33. The van der Waals surface area contributed by atoms with Crippen LogP contribution in [0.1, 0.15) is 43.1 Å². The number of fused-ring (bicyclic) bond motifs is 3. The van der Waals surface area contributed by atoms with Gasteiger partial charge in [-0.05, 0) is 30.0 Å². The molecular weight excluding hydrogens is 524 g/mol. The van der Waals surface area contributed by atoms with E-state index in [1.807, 2.05) is 55.5 Å². The van der Waals surface area contributed by atoms with Crippen molar-refractivity contribution in [3.05, 3.63) is 65.5 Å². The summed E-state index contributed by atoms with van der Waals surface area (Å²) in [6.45, 7) is 2.82. The van der Waals surface area contributed by atoms with E-state index in [-0.39, 0.29) is 31.3 Å². The van der Waals surface area contributed by atoms with Gasteiger partial charge >= 0.3 is 6.09 Å². The predicted octanol–water partition coefficient (Wildman–Crippen LogP) is 3.49. The lowest BCUT2D eigenvalue weighted by Gasteiger charge is -2.12. The molecule has 0 aliphatic heterocycles. The molecule has 0 saturated heterocycles. The molecule has 4 rings (SSSR count). The Morgan fingerprint density at radius 3 is 2.49 bits per heavy atom. The zero-order valence-electron chi connectivity index (χ0n) is 23.4. The number of methoxy groups -OCH3 is 1. The number of rotatable bonds is 14. The summed E-state index contributed by atoms with van der Waals surface area (Å²) < 4.78 is 12.5. The number of ketones is 1. The van der Waals surface area contributed by atoms with Gasteiger partial charge in [0.1, 0.15) is 11.3 Å². The van der Waals surface area contributed by atoms with Crippen molar-refractivity contribution in [1.82, 2.24) is 19.9 Å². The maximum Gasteiger partial charge on any atom is 0.407 e. The Bertz CT molecular complexity index is 1530. The minimum absolute atomic E-state index is 0.133. The van der Waals surface area contributed by atoms with Gasteiger partial charge in [0.25, 0.3) is 0 Å². The molecule has 11 heteroatoms. The third kappa shape index (κ3) is 7.37. The number of nitrogen functional groups attached to an aromatic ring is 1. The van der Waals surface area contributed by atoms with Crippen LogP contribution in [0.4, 0.5) is 10.6 Å². The zero-order valence-corrected chi connectivity index (χ0v) is 23.4. The van der Waals surface area contributed by atoms with Crippen LogP contribution in [0.2, 0.25) is 0 Å². The number of carbonyl (C=O) groups excluding carboxylic acids is 3. The Morgan fingerprint density at radius 2 is 1.78 bits per heavy atom. The number of Topliss-reactive ketones (excluding diaryl/α,β-unsaturated/α-hetero) is 1. The van der Waals surface area contributed by atoms with Crippen molar-refractivity contribution in [2.24, 2.45) is 11.7 Å². The van der Waals surface area contributed by atoms with Crippen molar-refractivity contribution < 1.29 is 23.9 Å². The molecule has 0 saturated carbocycles. The minimum atomic E-state index is -0.685. The van der Waals surface area contributed by atoms with E-state index in [0.717, 1.165) is 33.4 Å². The largest absolute Gasteiger partial charge is 0.442 e. The number of aromatic nitrogens is 3. The molecular formula is C30H36N6O5. The molecule has 0 aliphatic rings. The number of hydrogen-bond donors (Lipinski definition) is 3. The van der Waals surface area contributed by atoms with Gasteiger partial charge in [-0.3, -0.25) is 9.59 Å². The summed E-state index contributed by atoms with van der Waals surface area (Å²) in [4.78, 5) is 44.7. The second-order valence-electron chi connectivity index (χ2n) is 9.90. The van der Waals surface area contributed by atoms with E-state index < -0.39 is 12.0 Å². The van der Waals surface area contributed by atoms with Crippen LogP contribution in [0.5, 0.6) is 0 Å². The third-order valence-corrected chi connectivity index (χ3v) is 7.05. The molecule has 4 aromatic rings. The van der Waals surface area contributed by atoms with E-state index in [0.29, 0.717) is 43.7 Å². The number of alkyl carbamates (subject to hydrolysis) is 1. The molecule has 0 fully saturated rings. The number of primary amides is 1. The first kappa shape index (κ1) is 29.5. The summed E-state index contributed by atoms with van der Waals surface area (Å²) in [7, 11) is 1.66. The van der Waals surface area contributed by atoms with Crippen LogP contribution in [0.3, 0.4) is 0 Å². The molecule has 5 N–H and O–H groups in total. The van der Waals surface area contributed by atoms with E-state index in [1.54, 1.807) is 7.11 Å². The highest BCUT2D eigenvalue weighted by molar-refractivity contribution is 6.06. The van der Waals surface area contributed by atoms with Crippen LogP contribution < -0.4 is 16.8 Å². The summed E-state index contributed by atoms with van der Waals surface area (Å²) in [6, 6.07) is 15.7. The Morgan fingerprint density at radius 1 is 1.05 bits per heavy atom. The maximum absolute atomic E-state index is 12.1. The van der Waals surface area contributed by atoms with Crippen LogP contribution >= 0.6 is 0 Å². The number of nitrogens with zero attached hydrogens (tertiary/aromatic N) is 3. The van der Waals surface area contributed by atoms with Crippen molar-refractivity contribution in [3.63, 3.8) is 0 Å². The molecule has 11 nitrogen and oxygen atoms in total. The summed E-state index contributed by atoms with van der Waals surface area (Å²) in [5, 5.41) is 3.63. The average molecular weight is 561 g/mol. The molecule has 0 radical (unpaired) electrons. The lowest BCUT2D eigenvalue weighted by molar-refractivity contribution is -0.124. The van der Waals surface area contributed by atoms with Gasteiger partial charge in [0, 0.05) is 44.3 Å². The first-order valence-electron chi connectivity index (χ1n) is 13.6. The number of anilines is 1. The molecule has 2 aromatic carbocycles. The minimum Gasteiger partial charge on any atom is -0.442 e. The maximum atomic E-state index is 12.1. The summed E-state index contributed by atoms with van der Waals surface area (Å²) >= 11 is 0. The van der Waals surface area contributed by atoms with E-state index >= 15 is 0 Å². The fraction of sp³-hybridized carbons (Fsp3) is 0.367. The molecule has 0 aliphatic carbocycles. The van der Waals surface area contributed by atoms with Gasteiger partial charge < -0.3 is 30.8 Å². The normalized spacial score (nSPS) is 12.0. The predicted molar refractivity (Wildman–Crippen MR) is 156 cm³/mol. The van der Waals surface area contributed by atoms with Crippen molar-refractivity contribution >= 4 is 45.5 Å². The van der Waals surface area contributed by atoms with Crippen LogP contribution in [0, 0.1) is 5.92 Å². The van der Waals surface area contributed by atoms with Crippen LogP contribution in [-0.4, -0.2) is 52.6 Å². The number of nitrogens with two attached hydrogens (primary N) is 2. The molecule has 216 valence electrons. The standard InChI is InChI=1S/C30H36N6O5/c1-3-21(29(32)38)12-13-22(37)18-41-30(39)33-16-19-8-10-20(11-9-19)17-36-25(14-15-40-2)35-26-27(36)23-6-4-5-7-24(23)34-28(26)31/h4-11,21H,3,12-18H2,1-2H3,(H2,31,34)(H2,32,38)(H,33,39)/t21-/m0/s1. The molecule has 41 heavy (non-hydrogen) atoms. The van der Waals surface area contributed by atoms with E-state index in [2.05, 4.69) is 14.9 Å². The number of imidazole rings is 1. The van der Waals surface area contributed by atoms with Crippen LogP contribution in [0.25, 0.3) is 21.9 Å². The molecule has 0 spiro atoms. The summed E-state index contributed by atoms with van der Waals surface area (Å²) in [6.07, 6.45) is 0.991. The van der Waals surface area contributed by atoms with E-state index in [1.165, 1.54) is 0 Å². The van der Waals surface area contributed by atoms with Crippen LogP contribution in [0.15, 0.2) is 48.5 Å². The number of pyridine rings is 1. The number of ether oxygens (including phenoxy) is 2. The van der Waals surface area contributed by atoms with Gasteiger partial charge in [0.05, 0.1) is 17.6 Å². The van der Waals surface area contributed by atoms with Crippen LogP contribution in [-0.2, 0) is 38.6 Å². The Labute approximate surface area is 238 Å². The monoisotopic (exact) mass is 560 g/mol. The zero-order chi connectivity index (χ0) is 29.4. The number of benzene rings is 2. The smallest absolute Gasteiger partial charge is 0.407 e. The number of amides is 2. The number of carbonyl (C=O) groups is 3. The molecule has 2 amide bonds. The van der Waals surface area contributed by atoms with Crippen molar-refractivity contribution in [2.75, 3.05) is 26.1 Å². The van der Waals surface area contributed by atoms with E-state index in [9.17, 15) is 14.4 Å². The summed E-state index contributed by atoms with van der Waals surface area (Å²) in [5.41, 5.74) is 15.9. The quantitative estimate of drug-likeness (QED) is 0.211. The highest BCUT2D eigenvalue weighted by Gasteiger charge is 2.18.